The van der Waals surface area contributed by atoms with Gasteiger partial charge in [0.2, 0.25) is 59.1 Å². The van der Waals surface area contributed by atoms with Crippen molar-refractivity contribution >= 4 is 59.1 Å². The molecule has 0 aromatic carbocycles. The van der Waals surface area contributed by atoms with Gasteiger partial charge in [-0.1, -0.05) is 20.3 Å². The molecule has 0 spiro atoms. The zero-order chi connectivity index (χ0) is 64.1. The number of aliphatic hydroxyl groups excluding tert-OH is 10. The molecule has 0 radical (unpaired) electrons. The molecule has 0 aliphatic carbocycles. The predicted molar refractivity (Wildman–Crippen MR) is 286 cm³/mol. The van der Waals surface area contributed by atoms with Crippen LogP contribution < -0.4 is 43.0 Å². The number of primary amides is 1. The third kappa shape index (κ3) is 18.1. The van der Waals surface area contributed by atoms with Gasteiger partial charge in [0, 0.05) is 26.9 Å². The van der Waals surface area contributed by atoms with Gasteiger partial charge in [0.25, 0.3) is 0 Å². The zero-order valence-corrected chi connectivity index (χ0v) is 48.5. The third-order valence-electron chi connectivity index (χ3n) is 15.4. The van der Waals surface area contributed by atoms with E-state index < -0.39 is 219 Å². The van der Waals surface area contributed by atoms with E-state index in [1.807, 2.05) is 0 Å². The number of hydrogen-bond acceptors (Lipinski definition) is 24. The second kappa shape index (κ2) is 32.2. The summed E-state index contributed by atoms with van der Waals surface area (Å²) in [5.41, 5.74) is 5.27. The molecule has 484 valence electrons. The quantitative estimate of drug-likeness (QED) is 0.0346. The van der Waals surface area contributed by atoms with Gasteiger partial charge in [-0.2, -0.15) is 0 Å². The van der Waals surface area contributed by atoms with Crippen molar-refractivity contribution in [2.75, 3.05) is 32.9 Å². The molecule has 4 aliphatic rings. The zero-order valence-electron chi connectivity index (χ0n) is 48.5. The van der Waals surface area contributed by atoms with E-state index in [2.05, 4.69) is 37.2 Å². The highest BCUT2D eigenvalue weighted by atomic mass is 16.7. The van der Waals surface area contributed by atoms with Gasteiger partial charge in [-0.05, 0) is 59.3 Å². The molecule has 0 saturated carbocycles. The number of carbonyl (C=O) groups is 10. The number of nitrogens with zero attached hydrogens (tertiary/aromatic N) is 2. The van der Waals surface area contributed by atoms with Crippen molar-refractivity contribution in [1.82, 2.24) is 47.0 Å². The van der Waals surface area contributed by atoms with Gasteiger partial charge in [-0.15, -0.1) is 0 Å². The lowest BCUT2D eigenvalue weighted by Gasteiger charge is -2.48. The van der Waals surface area contributed by atoms with Gasteiger partial charge in [0.1, 0.15) is 97.1 Å². The van der Waals surface area contributed by atoms with Crippen LogP contribution in [0.4, 0.5) is 0 Å². The van der Waals surface area contributed by atoms with Crippen LogP contribution in [0.15, 0.2) is 0 Å². The van der Waals surface area contributed by atoms with E-state index in [1.54, 1.807) is 13.8 Å². The second-order valence-corrected chi connectivity index (χ2v) is 21.8. The molecule has 4 heterocycles. The van der Waals surface area contributed by atoms with Crippen molar-refractivity contribution in [3.63, 3.8) is 0 Å². The fourth-order valence-corrected chi connectivity index (χ4v) is 10.3. The van der Waals surface area contributed by atoms with Crippen LogP contribution in [0.1, 0.15) is 87.5 Å². The standard InChI is InChI=1S/C51H86N10O24/c1-9-19(2)31(46(78)54-26(16-62)43(75)56-32(20(3)65)42(52)74)55-45(77)28-13-11-15-61(28)49(81)34(22(5)67)58-48(80)35(59-47(79)33(21(4)66)57-44(76)27-12-10-14-60(27)25(8)69)23(6)82-50-36(53-24(7)68)41(38(71)30(18-64)83-50)85-51-40(73)39(72)37(70)29(17-63)84-51/h19-23,26-41,50-51,62-67,70-73H,9-18H2,1-8H3,(H2,52,74)(H,53,68)(H,54,78)(H,55,77)(H,56,75)(H,57,76)(H,58,80)(H,59,79)/t19-,20+,21+,22+,23+,26-,27-,28-,29+,30+,31-,32-,33-,34-,35-,36+,37-,38-,39-,40+,41+,50-,51+/m0/s1. The first-order chi connectivity index (χ1) is 39.8. The molecule has 23 atom stereocenters. The molecule has 4 fully saturated rings. The molecule has 4 saturated heterocycles. The minimum Gasteiger partial charge on any atom is -0.394 e. The first-order valence-corrected chi connectivity index (χ1v) is 28.0. The predicted octanol–water partition coefficient (Wildman–Crippen LogP) is -10.3. The van der Waals surface area contributed by atoms with Crippen LogP contribution in [0.3, 0.4) is 0 Å². The van der Waals surface area contributed by atoms with Crippen molar-refractivity contribution in [2.45, 2.75) is 222 Å². The molecule has 0 aromatic rings. The first-order valence-electron chi connectivity index (χ1n) is 28.0. The highest BCUT2D eigenvalue weighted by Gasteiger charge is 2.53. The van der Waals surface area contributed by atoms with Crippen LogP contribution in [-0.4, -0.2) is 287 Å². The van der Waals surface area contributed by atoms with E-state index in [9.17, 15) is 99.0 Å². The largest absolute Gasteiger partial charge is 0.394 e. The highest BCUT2D eigenvalue weighted by Crippen LogP contribution is 2.31. The fraction of sp³-hybridized carbons (Fsp3) is 0.804. The van der Waals surface area contributed by atoms with Crippen LogP contribution in [0.2, 0.25) is 0 Å². The molecule has 19 N–H and O–H groups in total. The van der Waals surface area contributed by atoms with Crippen molar-refractivity contribution in [2.24, 2.45) is 11.7 Å². The summed E-state index contributed by atoms with van der Waals surface area (Å²) in [6, 6.07) is -14.8. The van der Waals surface area contributed by atoms with Gasteiger partial charge in [0.05, 0.1) is 44.2 Å². The Kier molecular flexibility index (Phi) is 27.1. The van der Waals surface area contributed by atoms with Crippen LogP contribution in [0, 0.1) is 5.92 Å². The van der Waals surface area contributed by atoms with E-state index in [0.29, 0.717) is 6.42 Å². The summed E-state index contributed by atoms with van der Waals surface area (Å²) in [6.07, 6.45) is -22.5. The lowest BCUT2D eigenvalue weighted by molar-refractivity contribution is -0.347. The fourth-order valence-electron chi connectivity index (χ4n) is 10.3. The molecule has 4 rings (SSSR count). The molecular weight excluding hydrogens is 1140 g/mol. The van der Waals surface area contributed by atoms with Crippen LogP contribution >= 0.6 is 0 Å². The number of nitrogens with one attached hydrogen (secondary N) is 7. The van der Waals surface area contributed by atoms with E-state index in [-0.39, 0.29) is 38.8 Å². The molecule has 0 aromatic heterocycles. The van der Waals surface area contributed by atoms with Crippen molar-refractivity contribution in [3.05, 3.63) is 0 Å². The molecule has 34 heteroatoms. The number of aliphatic hydroxyl groups is 10. The van der Waals surface area contributed by atoms with Gasteiger partial charge in [0.15, 0.2) is 12.6 Å². The van der Waals surface area contributed by atoms with Gasteiger partial charge in [-0.3, -0.25) is 47.9 Å². The van der Waals surface area contributed by atoms with E-state index in [0.717, 1.165) is 39.5 Å². The summed E-state index contributed by atoms with van der Waals surface area (Å²) < 4.78 is 23.4. The average molecular weight is 1220 g/mol. The number of amides is 10. The second-order valence-electron chi connectivity index (χ2n) is 21.8. The lowest BCUT2D eigenvalue weighted by Crippen LogP contribution is -2.69. The molecule has 4 aliphatic heterocycles. The third-order valence-corrected chi connectivity index (χ3v) is 15.4. The molecule has 0 unspecified atom stereocenters. The maximum Gasteiger partial charge on any atom is 0.248 e. The van der Waals surface area contributed by atoms with Crippen LogP contribution in [-0.2, 0) is 66.9 Å². The van der Waals surface area contributed by atoms with E-state index in [1.165, 1.54) is 11.8 Å². The smallest absolute Gasteiger partial charge is 0.248 e. The summed E-state index contributed by atoms with van der Waals surface area (Å²) >= 11 is 0. The van der Waals surface area contributed by atoms with Crippen molar-refractivity contribution in [3.8, 4) is 0 Å². The normalized spacial score (nSPS) is 29.9. The van der Waals surface area contributed by atoms with Gasteiger partial charge in [-0.25, -0.2) is 0 Å². The Hall–Kier alpha value is -5.86. The molecule has 0 bridgehead atoms. The SMILES string of the molecule is CC[C@H](C)[C@H](NC(=O)[C@@H]1CCCN1C(=O)[C@@H](NC(=O)[C@@H](NC(=O)[C@@H](NC(=O)[C@@H]1CCCN1C(C)=O)[C@@H](C)O)[C@@H](C)O[C@H]1O[C@H](CO)[C@H](O)[C@H](O[C@H]2O[C@H](CO)[C@H](O)[C@H](O)[C@H]2O)[C@H]1NC(C)=O)[C@@H](C)O)C(=O)N[C@@H](CO)C(=O)N[C@H](C(N)=O)[C@@H](C)O. The molecular formula is C51H86N10O24. The molecule has 85 heavy (non-hydrogen) atoms. The summed E-state index contributed by atoms with van der Waals surface area (Å²) in [5, 5.41) is 122. The topological polar surface area (TPSA) is 527 Å². The summed E-state index contributed by atoms with van der Waals surface area (Å²) in [6.45, 7) is 7.20. The Labute approximate surface area is 489 Å². The van der Waals surface area contributed by atoms with Gasteiger partial charge >= 0.3 is 0 Å². The monoisotopic (exact) mass is 1220 g/mol. The maximum atomic E-state index is 14.9. The Morgan fingerprint density at radius 2 is 1.07 bits per heavy atom. The number of likely N-dealkylation sites (tertiary alicyclic amines) is 2. The highest BCUT2D eigenvalue weighted by molar-refractivity contribution is 5.98. The average Bonchev–Trinajstić information content (AvgIpc) is 3.65. The number of carbonyl (C=O) groups excluding carboxylic acids is 10. The minimum absolute atomic E-state index is 0.0229. The summed E-state index contributed by atoms with van der Waals surface area (Å²) in [7, 11) is 0. The number of rotatable bonds is 28. The van der Waals surface area contributed by atoms with Crippen molar-refractivity contribution < 1.29 is 118 Å². The molecule has 34 nitrogen and oxygen atoms in total. The summed E-state index contributed by atoms with van der Waals surface area (Å²) in [5.74, 6) is -10.6. The van der Waals surface area contributed by atoms with E-state index in [4.69, 9.17) is 24.7 Å². The summed E-state index contributed by atoms with van der Waals surface area (Å²) in [4.78, 5) is 138. The van der Waals surface area contributed by atoms with Crippen LogP contribution in [0.5, 0.6) is 0 Å². The first kappa shape index (κ1) is 71.6. The molecule has 10 amide bonds. The Balaban J connectivity index is 1.70. The van der Waals surface area contributed by atoms with Crippen molar-refractivity contribution in [1.29, 1.82) is 0 Å². The Morgan fingerprint density at radius 3 is 1.58 bits per heavy atom. The Bertz CT molecular complexity index is 2340. The lowest BCUT2D eigenvalue weighted by atomic mass is 9.95. The maximum absolute atomic E-state index is 14.9. The Morgan fingerprint density at radius 1 is 0.588 bits per heavy atom. The number of nitrogens with two attached hydrogens (primary N) is 1. The van der Waals surface area contributed by atoms with E-state index >= 15 is 0 Å². The number of ether oxygens (including phenoxy) is 4. The minimum atomic E-state index is -2.10. The van der Waals surface area contributed by atoms with Crippen LogP contribution in [0.25, 0.3) is 0 Å². The number of hydrogen-bond donors (Lipinski definition) is 18. The van der Waals surface area contributed by atoms with Gasteiger partial charge < -0.3 is 123 Å².